The van der Waals surface area contributed by atoms with Gasteiger partial charge in [-0.1, -0.05) is 12.1 Å². The van der Waals surface area contributed by atoms with Crippen LogP contribution >= 0.6 is 0 Å². The molecule has 3 N–H and O–H groups in total. The Balaban J connectivity index is 2.98. The van der Waals surface area contributed by atoms with E-state index in [1.807, 2.05) is 5.32 Å². The van der Waals surface area contributed by atoms with Crippen LogP contribution in [-0.4, -0.2) is 17.9 Å². The molecule has 16 heavy (non-hydrogen) atoms. The van der Waals surface area contributed by atoms with Crippen molar-refractivity contribution in [3.63, 3.8) is 0 Å². The van der Waals surface area contributed by atoms with Crippen LogP contribution in [0.1, 0.15) is 17.3 Å². The molecule has 1 aromatic carbocycles. The van der Waals surface area contributed by atoms with E-state index in [0.717, 1.165) is 0 Å². The van der Waals surface area contributed by atoms with E-state index in [9.17, 15) is 14.4 Å². The molecule has 0 aromatic heterocycles. The van der Waals surface area contributed by atoms with Gasteiger partial charge in [-0.25, -0.2) is 4.79 Å². The van der Waals surface area contributed by atoms with Gasteiger partial charge in [0.25, 0.3) is 5.91 Å². The zero-order valence-electron chi connectivity index (χ0n) is 8.52. The Kier molecular flexibility index (Phi) is 3.60. The zero-order chi connectivity index (χ0) is 12.1. The van der Waals surface area contributed by atoms with E-state index in [4.69, 9.17) is 10.5 Å². The van der Waals surface area contributed by atoms with Crippen LogP contribution in [0.25, 0.3) is 0 Å². The summed E-state index contributed by atoms with van der Waals surface area (Å²) < 4.78 is 4.80. The van der Waals surface area contributed by atoms with Gasteiger partial charge in [-0.15, -0.1) is 0 Å². The zero-order valence-corrected chi connectivity index (χ0v) is 8.52. The van der Waals surface area contributed by atoms with Crippen LogP contribution in [0.5, 0.6) is 5.75 Å². The van der Waals surface area contributed by atoms with E-state index in [-0.39, 0.29) is 11.3 Å². The number of imide groups is 1. The number of nitrogens with one attached hydrogen (secondary N) is 1. The van der Waals surface area contributed by atoms with E-state index in [2.05, 4.69) is 0 Å². The van der Waals surface area contributed by atoms with E-state index >= 15 is 0 Å². The molecule has 0 saturated heterocycles. The highest BCUT2D eigenvalue weighted by molar-refractivity contribution is 6.05. The van der Waals surface area contributed by atoms with E-state index in [0.29, 0.717) is 0 Å². The number of hydrogen-bond donors (Lipinski definition) is 2. The number of hydrogen-bond acceptors (Lipinski definition) is 4. The number of amides is 3. The molecule has 0 aliphatic carbocycles. The molecule has 0 bridgehead atoms. The predicted octanol–water partition coefficient (Wildman–Crippen LogP) is 0.420. The largest absolute Gasteiger partial charge is 0.426 e. The number of rotatable bonds is 2. The first-order valence-electron chi connectivity index (χ1n) is 4.39. The summed E-state index contributed by atoms with van der Waals surface area (Å²) in [5, 5.41) is 1.88. The lowest BCUT2D eigenvalue weighted by Gasteiger charge is -2.07. The van der Waals surface area contributed by atoms with Gasteiger partial charge in [-0.2, -0.15) is 0 Å². The highest BCUT2D eigenvalue weighted by Gasteiger charge is 2.14. The number of benzene rings is 1. The number of carbonyl (C=O) groups excluding carboxylic acids is 3. The number of urea groups is 1. The summed E-state index contributed by atoms with van der Waals surface area (Å²) in [6, 6.07) is 5.05. The van der Waals surface area contributed by atoms with E-state index in [1.54, 1.807) is 12.1 Å². The first kappa shape index (κ1) is 11.7. The molecule has 0 saturated carbocycles. The summed E-state index contributed by atoms with van der Waals surface area (Å²) in [5.74, 6) is -1.20. The highest BCUT2D eigenvalue weighted by atomic mass is 16.5. The number of esters is 1. The minimum Gasteiger partial charge on any atom is -0.426 e. The number of carbonyl (C=O) groups is 3. The summed E-state index contributed by atoms with van der Waals surface area (Å²) in [4.78, 5) is 32.7. The van der Waals surface area contributed by atoms with Gasteiger partial charge in [0.2, 0.25) is 0 Å². The topological polar surface area (TPSA) is 98.5 Å². The lowest BCUT2D eigenvalue weighted by Crippen LogP contribution is -2.35. The summed E-state index contributed by atoms with van der Waals surface area (Å²) >= 11 is 0. The third-order valence-electron chi connectivity index (χ3n) is 1.62. The monoisotopic (exact) mass is 222 g/mol. The molecule has 6 nitrogen and oxygen atoms in total. The molecule has 0 heterocycles. The quantitative estimate of drug-likeness (QED) is 0.559. The number of para-hydroxylation sites is 1. The summed E-state index contributed by atoms with van der Waals surface area (Å²) in [7, 11) is 0. The fourth-order valence-corrected chi connectivity index (χ4v) is 1.08. The van der Waals surface area contributed by atoms with Crippen molar-refractivity contribution >= 4 is 17.9 Å². The smallest absolute Gasteiger partial charge is 0.319 e. The van der Waals surface area contributed by atoms with Crippen LogP contribution in [0.3, 0.4) is 0 Å². The van der Waals surface area contributed by atoms with Crippen molar-refractivity contribution in [2.75, 3.05) is 0 Å². The molecule has 1 rings (SSSR count). The standard InChI is InChI=1S/C10H10N2O4/c1-6(13)16-8-5-3-2-4-7(8)9(14)12-10(11)15/h2-5H,1H3,(H3,11,12,14,15). The first-order chi connectivity index (χ1) is 7.50. The second kappa shape index (κ2) is 4.92. The van der Waals surface area contributed by atoms with Crippen molar-refractivity contribution in [2.45, 2.75) is 6.92 Å². The van der Waals surface area contributed by atoms with Crippen LogP contribution in [0.4, 0.5) is 4.79 Å². The molecule has 0 radical (unpaired) electrons. The lowest BCUT2D eigenvalue weighted by atomic mass is 10.2. The summed E-state index contributed by atoms with van der Waals surface area (Å²) in [6.07, 6.45) is 0. The van der Waals surface area contributed by atoms with Gasteiger partial charge < -0.3 is 10.5 Å². The van der Waals surface area contributed by atoms with Gasteiger partial charge in [0, 0.05) is 6.92 Å². The Morgan fingerprint density at radius 2 is 1.88 bits per heavy atom. The molecule has 3 amide bonds. The van der Waals surface area contributed by atoms with Crippen LogP contribution in [0.2, 0.25) is 0 Å². The van der Waals surface area contributed by atoms with Gasteiger partial charge in [0.15, 0.2) is 0 Å². The van der Waals surface area contributed by atoms with Crippen molar-refractivity contribution < 1.29 is 19.1 Å². The van der Waals surface area contributed by atoms with E-state index in [1.165, 1.54) is 19.1 Å². The molecule has 0 unspecified atom stereocenters. The SMILES string of the molecule is CC(=O)Oc1ccccc1C(=O)NC(N)=O. The average Bonchev–Trinajstić information content (AvgIpc) is 2.16. The van der Waals surface area contributed by atoms with Crippen molar-refractivity contribution in [1.29, 1.82) is 0 Å². The predicted molar refractivity (Wildman–Crippen MR) is 54.8 cm³/mol. The fourth-order valence-electron chi connectivity index (χ4n) is 1.08. The Morgan fingerprint density at radius 1 is 1.25 bits per heavy atom. The van der Waals surface area contributed by atoms with Crippen LogP contribution in [-0.2, 0) is 4.79 Å². The molecular weight excluding hydrogens is 212 g/mol. The maximum atomic E-state index is 11.5. The van der Waals surface area contributed by atoms with Crippen molar-refractivity contribution in [2.24, 2.45) is 5.73 Å². The maximum Gasteiger partial charge on any atom is 0.319 e. The van der Waals surface area contributed by atoms with Crippen LogP contribution < -0.4 is 15.8 Å². The molecule has 0 atom stereocenters. The van der Waals surface area contributed by atoms with E-state index < -0.39 is 17.9 Å². The van der Waals surface area contributed by atoms with Gasteiger partial charge in [0.1, 0.15) is 5.75 Å². The summed E-state index contributed by atoms with van der Waals surface area (Å²) in [6.45, 7) is 1.21. The number of ether oxygens (including phenoxy) is 1. The Morgan fingerprint density at radius 3 is 2.44 bits per heavy atom. The van der Waals surface area contributed by atoms with Crippen LogP contribution in [0, 0.1) is 0 Å². The van der Waals surface area contributed by atoms with Crippen LogP contribution in [0.15, 0.2) is 24.3 Å². The van der Waals surface area contributed by atoms with Crippen molar-refractivity contribution in [3.8, 4) is 5.75 Å². The van der Waals surface area contributed by atoms with Crippen molar-refractivity contribution in [3.05, 3.63) is 29.8 Å². The molecule has 0 aliphatic heterocycles. The summed E-state index contributed by atoms with van der Waals surface area (Å²) in [5.41, 5.74) is 4.87. The highest BCUT2D eigenvalue weighted by Crippen LogP contribution is 2.17. The minimum atomic E-state index is -0.970. The third-order valence-corrected chi connectivity index (χ3v) is 1.62. The molecule has 0 aliphatic rings. The molecule has 0 spiro atoms. The Labute approximate surface area is 91.4 Å². The Hall–Kier alpha value is -2.37. The maximum absolute atomic E-state index is 11.5. The number of nitrogens with two attached hydrogens (primary N) is 1. The first-order valence-corrected chi connectivity index (χ1v) is 4.39. The molecule has 1 aromatic rings. The molecular formula is C10H10N2O4. The second-order valence-corrected chi connectivity index (χ2v) is 2.91. The molecule has 6 heteroatoms. The fraction of sp³-hybridized carbons (Fsp3) is 0.100. The minimum absolute atomic E-state index is 0.0662. The van der Waals surface area contributed by atoms with Crippen molar-refractivity contribution in [1.82, 2.24) is 5.32 Å². The normalized spacial score (nSPS) is 9.31. The van der Waals surface area contributed by atoms with Gasteiger partial charge in [-0.05, 0) is 12.1 Å². The van der Waals surface area contributed by atoms with Gasteiger partial charge >= 0.3 is 12.0 Å². The average molecular weight is 222 g/mol. The Bertz CT molecular complexity index is 442. The molecule has 0 fully saturated rings. The molecule has 84 valence electrons. The van der Waals surface area contributed by atoms with Gasteiger partial charge in [0.05, 0.1) is 5.56 Å². The third kappa shape index (κ3) is 3.09. The second-order valence-electron chi connectivity index (χ2n) is 2.91. The lowest BCUT2D eigenvalue weighted by molar-refractivity contribution is -0.131. The number of primary amides is 1. The van der Waals surface area contributed by atoms with Gasteiger partial charge in [-0.3, -0.25) is 14.9 Å².